The molecule has 0 aromatic carbocycles. The first-order chi connectivity index (χ1) is 6.10. The molecule has 0 amide bonds. The summed E-state index contributed by atoms with van der Waals surface area (Å²) in [6.07, 6.45) is 1.03. The van der Waals surface area contributed by atoms with E-state index >= 15 is 0 Å². The summed E-state index contributed by atoms with van der Waals surface area (Å²) in [4.78, 5) is 3.34. The van der Waals surface area contributed by atoms with E-state index in [4.69, 9.17) is 5.11 Å². The fourth-order valence-corrected chi connectivity index (χ4v) is 0.801. The number of rotatable bonds is 3. The van der Waals surface area contributed by atoms with Gasteiger partial charge in [-0.15, -0.1) is 0 Å². The van der Waals surface area contributed by atoms with Crippen LogP contribution >= 0.6 is 0 Å². The SMILES string of the molecule is OCC(F)(F)c1ccc(CF)cn1. The van der Waals surface area contributed by atoms with E-state index < -0.39 is 24.9 Å². The number of nitrogens with zero attached hydrogens (tertiary/aromatic N) is 1. The molecule has 0 saturated heterocycles. The standard InChI is InChI=1S/C8H8F3NO/c9-3-6-1-2-7(12-4-6)8(10,11)5-13/h1-2,4,13H,3,5H2. The molecule has 0 aliphatic carbocycles. The molecule has 0 spiro atoms. The fourth-order valence-electron chi connectivity index (χ4n) is 0.801. The van der Waals surface area contributed by atoms with Gasteiger partial charge in [-0.1, -0.05) is 6.07 Å². The molecule has 0 fully saturated rings. The lowest BCUT2D eigenvalue weighted by atomic mass is 10.2. The molecule has 0 radical (unpaired) electrons. The molecule has 0 atom stereocenters. The molecule has 0 saturated carbocycles. The van der Waals surface area contributed by atoms with Crippen LogP contribution in [0.4, 0.5) is 13.2 Å². The maximum absolute atomic E-state index is 12.7. The minimum Gasteiger partial charge on any atom is -0.390 e. The molecule has 1 aromatic rings. The summed E-state index contributed by atoms with van der Waals surface area (Å²) in [5.74, 6) is -3.35. The molecule has 2 nitrogen and oxygen atoms in total. The normalized spacial score (nSPS) is 11.7. The highest BCUT2D eigenvalue weighted by Crippen LogP contribution is 2.25. The van der Waals surface area contributed by atoms with Gasteiger partial charge in [0.25, 0.3) is 0 Å². The quantitative estimate of drug-likeness (QED) is 0.787. The largest absolute Gasteiger partial charge is 0.390 e. The number of pyridine rings is 1. The van der Waals surface area contributed by atoms with Crippen molar-refractivity contribution in [2.45, 2.75) is 12.6 Å². The zero-order valence-corrected chi connectivity index (χ0v) is 6.67. The number of alkyl halides is 3. The highest BCUT2D eigenvalue weighted by molar-refractivity contribution is 5.16. The second-order valence-electron chi connectivity index (χ2n) is 2.55. The van der Waals surface area contributed by atoms with Gasteiger partial charge in [0, 0.05) is 11.8 Å². The van der Waals surface area contributed by atoms with Crippen LogP contribution in [0.15, 0.2) is 18.3 Å². The van der Waals surface area contributed by atoms with Gasteiger partial charge < -0.3 is 5.11 Å². The van der Waals surface area contributed by atoms with E-state index in [0.29, 0.717) is 0 Å². The Labute approximate surface area is 73.0 Å². The van der Waals surface area contributed by atoms with E-state index in [9.17, 15) is 13.2 Å². The maximum atomic E-state index is 12.7. The first-order valence-corrected chi connectivity index (χ1v) is 3.60. The molecule has 1 rings (SSSR count). The molecule has 1 aromatic heterocycles. The number of aliphatic hydroxyl groups is 1. The van der Waals surface area contributed by atoms with Gasteiger partial charge in [-0.3, -0.25) is 4.98 Å². The molecule has 13 heavy (non-hydrogen) atoms. The molecule has 72 valence electrons. The predicted molar refractivity (Wildman–Crippen MR) is 40.0 cm³/mol. The van der Waals surface area contributed by atoms with E-state index in [1.165, 1.54) is 6.07 Å². The Kier molecular flexibility index (Phi) is 2.87. The van der Waals surface area contributed by atoms with Crippen LogP contribution in [0.3, 0.4) is 0 Å². The summed E-state index contributed by atoms with van der Waals surface area (Å²) in [6, 6.07) is 2.22. The van der Waals surface area contributed by atoms with Crippen LogP contribution in [0.5, 0.6) is 0 Å². The molecule has 0 aliphatic heterocycles. The topological polar surface area (TPSA) is 33.1 Å². The van der Waals surface area contributed by atoms with E-state index in [2.05, 4.69) is 4.98 Å². The highest BCUT2D eigenvalue weighted by Gasteiger charge is 2.31. The Morgan fingerprint density at radius 3 is 2.46 bits per heavy atom. The van der Waals surface area contributed by atoms with Gasteiger partial charge in [0.05, 0.1) is 0 Å². The summed E-state index contributed by atoms with van der Waals surface area (Å²) in [5.41, 5.74) is -0.315. The highest BCUT2D eigenvalue weighted by atomic mass is 19.3. The Hall–Kier alpha value is -1.10. The van der Waals surface area contributed by atoms with Gasteiger partial charge in [0.15, 0.2) is 0 Å². The van der Waals surface area contributed by atoms with Crippen LogP contribution in [-0.4, -0.2) is 16.7 Å². The number of halogens is 3. The Morgan fingerprint density at radius 2 is 2.08 bits per heavy atom. The molecule has 5 heteroatoms. The number of hydrogen-bond donors (Lipinski definition) is 1. The summed E-state index contributed by atoms with van der Waals surface area (Å²) >= 11 is 0. The summed E-state index contributed by atoms with van der Waals surface area (Å²) in [5, 5.41) is 8.31. The zero-order valence-electron chi connectivity index (χ0n) is 6.67. The van der Waals surface area contributed by atoms with Gasteiger partial charge in [0.2, 0.25) is 0 Å². The first-order valence-electron chi connectivity index (χ1n) is 3.60. The van der Waals surface area contributed by atoms with Gasteiger partial charge in [-0.2, -0.15) is 8.78 Å². The Bertz CT molecular complexity index is 273. The van der Waals surface area contributed by atoms with Crippen molar-refractivity contribution in [3.05, 3.63) is 29.6 Å². The van der Waals surface area contributed by atoms with Crippen molar-refractivity contribution < 1.29 is 18.3 Å². The second-order valence-corrected chi connectivity index (χ2v) is 2.55. The molecular formula is C8H8F3NO. The van der Waals surface area contributed by atoms with Crippen LogP contribution in [0.1, 0.15) is 11.3 Å². The first kappa shape index (κ1) is 9.98. The maximum Gasteiger partial charge on any atom is 0.312 e. The van der Waals surface area contributed by atoms with E-state index in [0.717, 1.165) is 12.3 Å². The van der Waals surface area contributed by atoms with Gasteiger partial charge in [0.1, 0.15) is 19.0 Å². The van der Waals surface area contributed by atoms with E-state index in [1.807, 2.05) is 0 Å². The van der Waals surface area contributed by atoms with E-state index in [1.54, 1.807) is 0 Å². The van der Waals surface area contributed by atoms with Crippen molar-refractivity contribution in [1.29, 1.82) is 0 Å². The van der Waals surface area contributed by atoms with Crippen LogP contribution in [0.25, 0.3) is 0 Å². The fraction of sp³-hybridized carbons (Fsp3) is 0.375. The molecule has 1 N–H and O–H groups in total. The molecule has 1 heterocycles. The predicted octanol–water partition coefficient (Wildman–Crippen LogP) is 1.64. The molecule has 0 bridgehead atoms. The smallest absolute Gasteiger partial charge is 0.312 e. The molecule has 0 aliphatic rings. The molecule has 0 unspecified atom stereocenters. The van der Waals surface area contributed by atoms with E-state index in [-0.39, 0.29) is 5.56 Å². The number of hydrogen-bond acceptors (Lipinski definition) is 2. The Balaban J connectivity index is 2.92. The van der Waals surface area contributed by atoms with Crippen molar-refractivity contribution in [1.82, 2.24) is 4.98 Å². The third kappa shape index (κ3) is 2.18. The monoisotopic (exact) mass is 191 g/mol. The van der Waals surface area contributed by atoms with Crippen molar-refractivity contribution >= 4 is 0 Å². The lowest BCUT2D eigenvalue weighted by Crippen LogP contribution is -2.19. The average Bonchev–Trinajstić information content (AvgIpc) is 2.18. The average molecular weight is 191 g/mol. The van der Waals surface area contributed by atoms with Crippen LogP contribution in [0.2, 0.25) is 0 Å². The second kappa shape index (κ2) is 3.74. The van der Waals surface area contributed by atoms with Crippen LogP contribution in [0, 0.1) is 0 Å². The van der Waals surface area contributed by atoms with Crippen LogP contribution < -0.4 is 0 Å². The van der Waals surface area contributed by atoms with Gasteiger partial charge in [-0.05, 0) is 6.07 Å². The van der Waals surface area contributed by atoms with Crippen molar-refractivity contribution in [3.8, 4) is 0 Å². The number of aromatic nitrogens is 1. The lowest BCUT2D eigenvalue weighted by molar-refractivity contribution is -0.0592. The zero-order chi connectivity index (χ0) is 9.90. The van der Waals surface area contributed by atoms with Crippen molar-refractivity contribution in [3.63, 3.8) is 0 Å². The minimum absolute atomic E-state index is 0.234. The summed E-state index contributed by atoms with van der Waals surface area (Å²) in [7, 11) is 0. The van der Waals surface area contributed by atoms with Crippen LogP contribution in [-0.2, 0) is 12.6 Å². The lowest BCUT2D eigenvalue weighted by Gasteiger charge is -2.11. The summed E-state index contributed by atoms with van der Waals surface area (Å²) < 4.78 is 37.4. The van der Waals surface area contributed by atoms with Gasteiger partial charge >= 0.3 is 5.92 Å². The third-order valence-corrected chi connectivity index (χ3v) is 1.55. The summed E-state index contributed by atoms with van der Waals surface area (Å²) in [6.45, 7) is -2.03. The Morgan fingerprint density at radius 1 is 1.38 bits per heavy atom. The molecular weight excluding hydrogens is 183 g/mol. The minimum atomic E-state index is -3.35. The number of aliphatic hydroxyl groups excluding tert-OH is 1. The van der Waals surface area contributed by atoms with Crippen molar-refractivity contribution in [2.75, 3.05) is 6.61 Å². The van der Waals surface area contributed by atoms with Crippen molar-refractivity contribution in [2.24, 2.45) is 0 Å². The van der Waals surface area contributed by atoms with Gasteiger partial charge in [-0.25, -0.2) is 4.39 Å². The third-order valence-electron chi connectivity index (χ3n) is 1.55.